The van der Waals surface area contributed by atoms with E-state index in [9.17, 15) is 36.2 Å². The second kappa shape index (κ2) is 7.68. The second-order valence-corrected chi connectivity index (χ2v) is 7.47. The lowest BCUT2D eigenvalue weighted by Crippen LogP contribution is -2.44. The number of alkyl halides is 6. The molecule has 152 valence electrons. The molecular formula is C18H12BrClF6O2. The van der Waals surface area contributed by atoms with Crippen molar-refractivity contribution in [3.05, 3.63) is 68.1 Å². The Kier molecular flexibility index (Phi) is 6.23. The summed E-state index contributed by atoms with van der Waals surface area (Å²) in [6, 6.07) is 5.21. The minimum absolute atomic E-state index is 0.128. The van der Waals surface area contributed by atoms with Gasteiger partial charge in [-0.15, -0.1) is 0 Å². The third-order valence-electron chi connectivity index (χ3n) is 4.08. The van der Waals surface area contributed by atoms with Gasteiger partial charge in [-0.05, 0) is 42.3 Å². The highest BCUT2D eigenvalue weighted by Gasteiger charge is 2.56. The molecule has 0 fully saturated rings. The van der Waals surface area contributed by atoms with Crippen molar-refractivity contribution in [1.82, 2.24) is 0 Å². The zero-order chi connectivity index (χ0) is 21.5. The highest BCUT2D eigenvalue weighted by molar-refractivity contribution is 9.10. The summed E-state index contributed by atoms with van der Waals surface area (Å²) < 4.78 is 79.5. The van der Waals surface area contributed by atoms with Crippen molar-refractivity contribution >= 4 is 33.3 Å². The maximum absolute atomic E-state index is 13.6. The maximum Gasteiger partial charge on any atom is 0.421 e. The summed E-state index contributed by atoms with van der Waals surface area (Å²) in [7, 11) is 0. The highest BCUT2D eigenvalue weighted by Crippen LogP contribution is 2.45. The molecule has 0 radical (unpaired) electrons. The molecule has 0 heterocycles. The lowest BCUT2D eigenvalue weighted by atomic mass is 9.85. The van der Waals surface area contributed by atoms with E-state index in [0.29, 0.717) is 17.7 Å². The van der Waals surface area contributed by atoms with E-state index in [1.165, 1.54) is 12.1 Å². The van der Waals surface area contributed by atoms with Crippen molar-refractivity contribution in [3.63, 3.8) is 0 Å². The predicted molar refractivity (Wildman–Crippen MR) is 94.2 cm³/mol. The van der Waals surface area contributed by atoms with Crippen LogP contribution < -0.4 is 0 Å². The van der Waals surface area contributed by atoms with Crippen molar-refractivity contribution in [2.24, 2.45) is 0 Å². The Morgan fingerprint density at radius 2 is 1.61 bits per heavy atom. The molecule has 10 heteroatoms. The first kappa shape index (κ1) is 22.7. The monoisotopic (exact) mass is 488 g/mol. The van der Waals surface area contributed by atoms with Gasteiger partial charge in [0.2, 0.25) is 0 Å². The van der Waals surface area contributed by atoms with E-state index in [4.69, 9.17) is 11.6 Å². The molecule has 1 N–H and O–H groups in total. The Bertz CT molecular complexity index is 910. The van der Waals surface area contributed by atoms with Crippen molar-refractivity contribution in [2.75, 3.05) is 0 Å². The van der Waals surface area contributed by atoms with Gasteiger partial charge in [-0.3, -0.25) is 4.79 Å². The predicted octanol–water partition coefficient (Wildman–Crippen LogP) is 6.45. The average Bonchev–Trinajstić information content (AvgIpc) is 2.54. The van der Waals surface area contributed by atoms with E-state index in [-0.39, 0.29) is 21.1 Å². The fourth-order valence-electron chi connectivity index (χ4n) is 2.46. The van der Waals surface area contributed by atoms with E-state index in [0.717, 1.165) is 6.07 Å². The number of ketones is 1. The number of halogens is 8. The summed E-state index contributed by atoms with van der Waals surface area (Å²) in [5, 5.41) is 10.5. The SMILES string of the molecule is Cc1ccc(C(=O)CC(O)(c2cc(Br)cc(C(F)(F)F)c2)C(F)(F)F)cc1Cl. The number of hydrogen-bond donors (Lipinski definition) is 1. The molecule has 2 aromatic rings. The third kappa shape index (κ3) is 4.69. The Labute approximate surface area is 169 Å². The lowest BCUT2D eigenvalue weighted by molar-refractivity contribution is -0.265. The van der Waals surface area contributed by atoms with Crippen LogP contribution in [0.3, 0.4) is 0 Å². The number of hydrogen-bond acceptors (Lipinski definition) is 2. The minimum Gasteiger partial charge on any atom is -0.376 e. The zero-order valence-electron chi connectivity index (χ0n) is 14.1. The molecule has 0 aliphatic carbocycles. The van der Waals surface area contributed by atoms with Crippen LogP contribution in [-0.2, 0) is 11.8 Å². The molecule has 0 aromatic heterocycles. The van der Waals surface area contributed by atoms with Crippen LogP contribution in [0.2, 0.25) is 5.02 Å². The molecule has 0 aliphatic rings. The summed E-state index contributed by atoms with van der Waals surface area (Å²) in [4.78, 5) is 12.4. The van der Waals surface area contributed by atoms with E-state index in [1.807, 2.05) is 0 Å². The van der Waals surface area contributed by atoms with Crippen molar-refractivity contribution in [3.8, 4) is 0 Å². The Morgan fingerprint density at radius 1 is 1.04 bits per heavy atom. The summed E-state index contributed by atoms with van der Waals surface area (Å²) in [5.74, 6) is -1.13. The van der Waals surface area contributed by atoms with Crippen molar-refractivity contribution in [1.29, 1.82) is 0 Å². The van der Waals surface area contributed by atoms with Gasteiger partial charge in [0.05, 0.1) is 12.0 Å². The van der Waals surface area contributed by atoms with Crippen LogP contribution in [0.5, 0.6) is 0 Å². The van der Waals surface area contributed by atoms with Crippen LogP contribution in [0, 0.1) is 6.92 Å². The fourth-order valence-corrected chi connectivity index (χ4v) is 3.13. The molecule has 2 aromatic carbocycles. The molecule has 1 atom stereocenters. The number of rotatable bonds is 4. The number of benzene rings is 2. The molecule has 0 aliphatic heterocycles. The quantitative estimate of drug-likeness (QED) is 0.396. The minimum atomic E-state index is -5.42. The van der Waals surface area contributed by atoms with Crippen molar-refractivity contribution in [2.45, 2.75) is 31.3 Å². The van der Waals surface area contributed by atoms with Crippen LogP contribution in [0.15, 0.2) is 40.9 Å². The van der Waals surface area contributed by atoms with Gasteiger partial charge in [-0.1, -0.05) is 39.7 Å². The first-order chi connectivity index (χ1) is 12.6. The Balaban J connectivity index is 2.55. The molecule has 0 saturated heterocycles. The maximum atomic E-state index is 13.6. The Hall–Kier alpha value is -1.58. The average molecular weight is 490 g/mol. The van der Waals surface area contributed by atoms with E-state index >= 15 is 0 Å². The largest absolute Gasteiger partial charge is 0.421 e. The first-order valence-corrected chi connectivity index (χ1v) is 8.79. The first-order valence-electron chi connectivity index (χ1n) is 7.62. The number of Topliss-reactive ketones (excluding diaryl/α,β-unsaturated/α-hetero) is 1. The van der Waals surface area contributed by atoms with Gasteiger partial charge in [0.1, 0.15) is 0 Å². The summed E-state index contributed by atoms with van der Waals surface area (Å²) >= 11 is 8.57. The number of carbonyl (C=O) groups excluding carboxylic acids is 1. The summed E-state index contributed by atoms with van der Waals surface area (Å²) in [5.41, 5.74) is -5.96. The summed E-state index contributed by atoms with van der Waals surface area (Å²) in [6.07, 6.45) is -11.9. The molecule has 28 heavy (non-hydrogen) atoms. The molecule has 2 rings (SSSR count). The standard InChI is InChI=1S/C18H12BrClF6O2/c1-9-2-3-10(4-14(9)20)15(27)8-16(28,18(24,25)26)11-5-12(17(21,22)23)7-13(19)6-11/h2-7,28H,8H2,1H3. The van der Waals surface area contributed by atoms with Crippen LogP contribution in [-0.4, -0.2) is 17.1 Å². The van der Waals surface area contributed by atoms with Crippen LogP contribution >= 0.6 is 27.5 Å². The van der Waals surface area contributed by atoms with E-state index in [1.54, 1.807) is 6.92 Å². The van der Waals surface area contributed by atoms with Gasteiger partial charge in [0, 0.05) is 15.1 Å². The van der Waals surface area contributed by atoms with E-state index in [2.05, 4.69) is 15.9 Å². The normalized spacial score (nSPS) is 14.6. The molecular weight excluding hydrogens is 478 g/mol. The van der Waals surface area contributed by atoms with Gasteiger partial charge in [-0.2, -0.15) is 26.3 Å². The molecule has 0 spiro atoms. The summed E-state index contributed by atoms with van der Waals surface area (Å²) in [6.45, 7) is 1.61. The Morgan fingerprint density at radius 3 is 2.11 bits per heavy atom. The molecule has 0 bridgehead atoms. The third-order valence-corrected chi connectivity index (χ3v) is 4.95. The number of aryl methyl sites for hydroxylation is 1. The van der Waals surface area contributed by atoms with Gasteiger partial charge in [-0.25, -0.2) is 0 Å². The lowest BCUT2D eigenvalue weighted by Gasteiger charge is -2.31. The molecule has 2 nitrogen and oxygen atoms in total. The highest BCUT2D eigenvalue weighted by atomic mass is 79.9. The molecule has 0 saturated carbocycles. The second-order valence-electron chi connectivity index (χ2n) is 6.15. The van der Waals surface area contributed by atoms with Gasteiger partial charge >= 0.3 is 12.4 Å². The van der Waals surface area contributed by atoms with Gasteiger partial charge in [0.25, 0.3) is 0 Å². The smallest absolute Gasteiger partial charge is 0.376 e. The van der Waals surface area contributed by atoms with Gasteiger partial charge < -0.3 is 5.11 Å². The number of aliphatic hydroxyl groups is 1. The molecule has 0 amide bonds. The zero-order valence-corrected chi connectivity index (χ0v) is 16.4. The van der Waals surface area contributed by atoms with Crippen LogP contribution in [0.1, 0.15) is 33.5 Å². The number of carbonyl (C=O) groups is 1. The fraction of sp³-hybridized carbons (Fsp3) is 0.278. The topological polar surface area (TPSA) is 37.3 Å². The van der Waals surface area contributed by atoms with Crippen LogP contribution in [0.4, 0.5) is 26.3 Å². The van der Waals surface area contributed by atoms with Gasteiger partial charge in [0.15, 0.2) is 11.4 Å². The van der Waals surface area contributed by atoms with E-state index < -0.39 is 41.3 Å². The molecule has 1 unspecified atom stereocenters. The van der Waals surface area contributed by atoms with Crippen molar-refractivity contribution < 1.29 is 36.2 Å². The van der Waals surface area contributed by atoms with Crippen LogP contribution in [0.25, 0.3) is 0 Å².